The third-order valence-electron chi connectivity index (χ3n) is 3.81. The van der Waals surface area contributed by atoms with Crippen LogP contribution in [0, 0.1) is 11.8 Å². The van der Waals surface area contributed by atoms with Crippen LogP contribution in [-0.4, -0.2) is 25.9 Å². The fourth-order valence-electron chi connectivity index (χ4n) is 0.943. The van der Waals surface area contributed by atoms with E-state index in [9.17, 15) is 0 Å². The highest BCUT2D eigenvalue weighted by Gasteiger charge is 2.25. The largest absolute Gasteiger partial charge is 0.441 e. The lowest BCUT2D eigenvalue weighted by atomic mass is 9.62. The van der Waals surface area contributed by atoms with Gasteiger partial charge < -0.3 is 9.31 Å². The van der Waals surface area contributed by atoms with Crippen LogP contribution in [0.15, 0.2) is 0 Å². The monoisotopic (exact) mass is 226 g/mol. The average Bonchev–Trinajstić information content (AvgIpc) is 2.12. The molecular weight excluding hydrogens is 198 g/mol. The Bertz CT molecular complexity index is 179. The smallest absolute Gasteiger partial charge is 0.272 e. The van der Waals surface area contributed by atoms with Crippen LogP contribution in [0.5, 0.6) is 0 Å². The highest BCUT2D eigenvalue weighted by molar-refractivity contribution is 6.93. The van der Waals surface area contributed by atoms with E-state index < -0.39 is 0 Å². The van der Waals surface area contributed by atoms with Crippen molar-refractivity contribution in [2.24, 2.45) is 11.8 Å². The van der Waals surface area contributed by atoms with E-state index in [1.54, 1.807) is 0 Å². The molecule has 0 amide bonds. The van der Waals surface area contributed by atoms with Crippen LogP contribution >= 0.6 is 0 Å². The maximum Gasteiger partial charge on any atom is 0.272 e. The molecule has 94 valence electrons. The predicted octanol–water partition coefficient (Wildman–Crippen LogP) is 2.51. The van der Waals surface area contributed by atoms with Gasteiger partial charge in [0.05, 0.1) is 0 Å². The molecule has 0 heterocycles. The molecule has 0 aromatic heterocycles. The Kier molecular flexibility index (Phi) is 6.13. The maximum absolute atomic E-state index is 5.84. The zero-order valence-electron chi connectivity index (χ0n) is 12.4. The topological polar surface area (TPSA) is 18.5 Å². The molecule has 0 aliphatic heterocycles. The predicted molar refractivity (Wildman–Crippen MR) is 74.3 cm³/mol. The van der Waals surface area contributed by atoms with E-state index in [0.29, 0.717) is 26.6 Å². The summed E-state index contributed by atoms with van der Waals surface area (Å²) < 4.78 is 11.7. The lowest BCUT2D eigenvalue weighted by Gasteiger charge is -2.32. The van der Waals surface area contributed by atoms with E-state index in [0.717, 1.165) is 0 Å². The van der Waals surface area contributed by atoms with Crippen LogP contribution in [0.2, 0.25) is 0 Å². The molecule has 0 saturated heterocycles. The molecule has 0 bridgehead atoms. The zero-order chi connectivity index (χ0) is 13.0. The van der Waals surface area contributed by atoms with Crippen molar-refractivity contribution in [2.75, 3.05) is 0 Å². The summed E-state index contributed by atoms with van der Waals surface area (Å²) in [7, 11) is 1.34. The molecule has 0 atom stereocenters. The van der Waals surface area contributed by atoms with Gasteiger partial charge in [-0.15, -0.1) is 0 Å². The van der Waals surface area contributed by atoms with Crippen LogP contribution < -0.4 is 0 Å². The Labute approximate surface area is 103 Å². The Hall–Kier alpha value is 0.0499. The summed E-state index contributed by atoms with van der Waals surface area (Å²) in [6.45, 7) is 17.2. The average molecular weight is 226 g/mol. The molecule has 4 heteroatoms. The SMILES string of the molecule is CC(C)C(C)(C)OBBOC(C)(C)C(C)C. The Morgan fingerprint density at radius 2 is 0.938 bits per heavy atom. The van der Waals surface area contributed by atoms with Crippen molar-refractivity contribution in [2.45, 2.75) is 66.6 Å². The van der Waals surface area contributed by atoms with Crippen molar-refractivity contribution in [1.29, 1.82) is 0 Å². The van der Waals surface area contributed by atoms with E-state index in [1.807, 2.05) is 0 Å². The van der Waals surface area contributed by atoms with Crippen molar-refractivity contribution < 1.29 is 9.31 Å². The van der Waals surface area contributed by atoms with E-state index >= 15 is 0 Å². The molecule has 0 radical (unpaired) electrons. The molecule has 0 aliphatic rings. The van der Waals surface area contributed by atoms with Gasteiger partial charge in [0.1, 0.15) is 0 Å². The van der Waals surface area contributed by atoms with Crippen LogP contribution in [0.1, 0.15) is 55.4 Å². The second-order valence-corrected chi connectivity index (χ2v) is 6.21. The minimum atomic E-state index is -0.0642. The summed E-state index contributed by atoms with van der Waals surface area (Å²) in [5, 5.41) is 0. The van der Waals surface area contributed by atoms with Gasteiger partial charge in [-0.25, -0.2) is 0 Å². The Morgan fingerprint density at radius 3 is 1.12 bits per heavy atom. The summed E-state index contributed by atoms with van der Waals surface area (Å²) in [5.41, 5.74) is -0.128. The van der Waals surface area contributed by atoms with Crippen LogP contribution in [0.4, 0.5) is 0 Å². The van der Waals surface area contributed by atoms with E-state index in [1.165, 1.54) is 0 Å². The third kappa shape index (κ3) is 5.40. The maximum atomic E-state index is 5.84. The number of rotatable bonds is 7. The summed E-state index contributed by atoms with van der Waals surface area (Å²) in [6, 6.07) is 0. The summed E-state index contributed by atoms with van der Waals surface area (Å²) in [6.07, 6.45) is 0. The second-order valence-electron chi connectivity index (χ2n) is 6.21. The van der Waals surface area contributed by atoms with Gasteiger partial charge >= 0.3 is 0 Å². The first-order chi connectivity index (χ1) is 7.09. The lowest BCUT2D eigenvalue weighted by molar-refractivity contribution is 0.0544. The molecule has 2 nitrogen and oxygen atoms in total. The summed E-state index contributed by atoms with van der Waals surface area (Å²) in [4.78, 5) is 0. The molecular formula is C12H28B2O2. The van der Waals surface area contributed by atoms with E-state index in [-0.39, 0.29) is 11.2 Å². The quantitative estimate of drug-likeness (QED) is 0.490. The number of hydrogen-bond donors (Lipinski definition) is 0. The van der Waals surface area contributed by atoms with Crippen molar-refractivity contribution in [3.8, 4) is 0 Å². The lowest BCUT2D eigenvalue weighted by Crippen LogP contribution is -2.38. The van der Waals surface area contributed by atoms with Crippen molar-refractivity contribution in [3.05, 3.63) is 0 Å². The van der Waals surface area contributed by atoms with Crippen molar-refractivity contribution in [3.63, 3.8) is 0 Å². The normalized spacial score (nSPS) is 13.4. The van der Waals surface area contributed by atoms with Gasteiger partial charge in [-0.2, -0.15) is 0 Å². The van der Waals surface area contributed by atoms with Gasteiger partial charge in [-0.05, 0) is 39.5 Å². The highest BCUT2D eigenvalue weighted by atomic mass is 16.5. The van der Waals surface area contributed by atoms with Gasteiger partial charge in [-0.1, -0.05) is 27.7 Å². The Balaban J connectivity index is 3.85. The van der Waals surface area contributed by atoms with Gasteiger partial charge in [-0.3, -0.25) is 0 Å². The molecule has 16 heavy (non-hydrogen) atoms. The zero-order valence-corrected chi connectivity index (χ0v) is 12.4. The fraction of sp³-hybridized carbons (Fsp3) is 1.00. The first kappa shape index (κ1) is 16.0. The molecule has 0 aliphatic carbocycles. The summed E-state index contributed by atoms with van der Waals surface area (Å²) in [5.74, 6) is 1.04. The molecule has 0 N–H and O–H groups in total. The number of hydrogen-bond acceptors (Lipinski definition) is 2. The van der Waals surface area contributed by atoms with E-state index in [2.05, 4.69) is 55.4 Å². The van der Waals surface area contributed by atoms with Crippen molar-refractivity contribution in [1.82, 2.24) is 0 Å². The minimum absolute atomic E-state index is 0.0642. The van der Waals surface area contributed by atoms with Crippen LogP contribution in [0.25, 0.3) is 0 Å². The van der Waals surface area contributed by atoms with Gasteiger partial charge in [0.25, 0.3) is 14.7 Å². The molecule has 0 spiro atoms. The first-order valence-corrected chi connectivity index (χ1v) is 6.37. The molecule has 0 rings (SSSR count). The molecule has 0 saturated carbocycles. The molecule has 0 fully saturated rings. The molecule has 0 unspecified atom stereocenters. The van der Waals surface area contributed by atoms with E-state index in [4.69, 9.17) is 9.31 Å². The van der Waals surface area contributed by atoms with Gasteiger partial charge in [0, 0.05) is 11.2 Å². The fourth-order valence-corrected chi connectivity index (χ4v) is 0.943. The van der Waals surface area contributed by atoms with Crippen LogP contribution in [0.3, 0.4) is 0 Å². The van der Waals surface area contributed by atoms with Gasteiger partial charge in [0.15, 0.2) is 0 Å². The van der Waals surface area contributed by atoms with Crippen LogP contribution in [-0.2, 0) is 9.31 Å². The standard InChI is InChI=1S/C12H28B2O2/c1-9(2)11(5,6)15-13-14-16-12(7,8)10(3)4/h9-10,13-14H,1-8H3. The van der Waals surface area contributed by atoms with Gasteiger partial charge in [0.2, 0.25) is 0 Å². The molecule has 0 aromatic rings. The summed E-state index contributed by atoms with van der Waals surface area (Å²) >= 11 is 0. The molecule has 0 aromatic carbocycles. The Morgan fingerprint density at radius 1 is 0.688 bits per heavy atom. The third-order valence-corrected chi connectivity index (χ3v) is 3.81. The second kappa shape index (κ2) is 6.11. The first-order valence-electron chi connectivity index (χ1n) is 6.37. The minimum Gasteiger partial charge on any atom is -0.441 e. The highest BCUT2D eigenvalue weighted by Crippen LogP contribution is 2.21. The van der Waals surface area contributed by atoms with Crippen molar-refractivity contribution >= 4 is 14.7 Å².